The van der Waals surface area contributed by atoms with Crippen LogP contribution in [0.4, 0.5) is 11.6 Å². The van der Waals surface area contributed by atoms with Crippen molar-refractivity contribution in [2.45, 2.75) is 19.9 Å². The molecule has 3 aromatic rings. The Balaban J connectivity index is 1.63. The highest BCUT2D eigenvalue weighted by molar-refractivity contribution is 6.03. The van der Waals surface area contributed by atoms with Crippen molar-refractivity contribution in [1.29, 1.82) is 0 Å². The normalized spacial score (nSPS) is 11.6. The molecule has 0 saturated heterocycles. The summed E-state index contributed by atoms with van der Waals surface area (Å²) in [6, 6.07) is 17.8. The number of amides is 1. The fourth-order valence-corrected chi connectivity index (χ4v) is 2.38. The molecular formula is C20H20N4O. The van der Waals surface area contributed by atoms with E-state index in [1.165, 1.54) is 12.4 Å². The maximum absolute atomic E-state index is 12.2. The van der Waals surface area contributed by atoms with Crippen molar-refractivity contribution in [3.05, 3.63) is 83.7 Å². The van der Waals surface area contributed by atoms with Gasteiger partial charge in [0.25, 0.3) is 5.91 Å². The Labute approximate surface area is 147 Å². The van der Waals surface area contributed by atoms with Gasteiger partial charge in [0.2, 0.25) is 5.95 Å². The van der Waals surface area contributed by atoms with Gasteiger partial charge >= 0.3 is 0 Å². The summed E-state index contributed by atoms with van der Waals surface area (Å²) in [5.74, 6) is 0.259. The molecule has 126 valence electrons. The molecule has 0 saturated carbocycles. The smallest absolute Gasteiger partial charge is 0.258 e. The fourth-order valence-electron chi connectivity index (χ4n) is 2.38. The van der Waals surface area contributed by atoms with Gasteiger partial charge in [-0.25, -0.2) is 9.97 Å². The van der Waals surface area contributed by atoms with Gasteiger partial charge < -0.3 is 10.6 Å². The van der Waals surface area contributed by atoms with Crippen LogP contribution in [0.2, 0.25) is 0 Å². The SMILES string of the molecule is Cc1ccc(NC(=O)c2cnc(NC(C)c3ccccc3)nc2)cc1. The molecule has 0 aliphatic carbocycles. The van der Waals surface area contributed by atoms with Gasteiger partial charge in [0, 0.05) is 18.1 Å². The molecule has 0 radical (unpaired) electrons. The van der Waals surface area contributed by atoms with Gasteiger partial charge in [0.05, 0.1) is 11.6 Å². The van der Waals surface area contributed by atoms with E-state index in [4.69, 9.17) is 0 Å². The van der Waals surface area contributed by atoms with Gasteiger partial charge in [-0.15, -0.1) is 0 Å². The largest absolute Gasteiger partial charge is 0.348 e. The first-order chi connectivity index (χ1) is 12.1. The summed E-state index contributed by atoms with van der Waals surface area (Å²) in [5.41, 5.74) is 3.45. The average Bonchev–Trinajstić information content (AvgIpc) is 2.65. The fraction of sp³-hybridized carbons (Fsp3) is 0.150. The first kappa shape index (κ1) is 16.6. The number of benzene rings is 2. The van der Waals surface area contributed by atoms with E-state index in [1.807, 2.05) is 68.4 Å². The van der Waals surface area contributed by atoms with Gasteiger partial charge in [-0.2, -0.15) is 0 Å². The van der Waals surface area contributed by atoms with Crippen molar-refractivity contribution in [3.63, 3.8) is 0 Å². The molecule has 1 amide bonds. The lowest BCUT2D eigenvalue weighted by Crippen LogP contribution is -2.14. The lowest BCUT2D eigenvalue weighted by Gasteiger charge is -2.14. The standard InChI is InChI=1S/C20H20N4O/c1-14-8-10-18(11-9-14)24-19(25)17-12-21-20(22-13-17)23-15(2)16-6-4-3-5-7-16/h3-13,15H,1-2H3,(H,24,25)(H,21,22,23). The van der Waals surface area contributed by atoms with Crippen LogP contribution in [0, 0.1) is 6.92 Å². The van der Waals surface area contributed by atoms with E-state index < -0.39 is 0 Å². The van der Waals surface area contributed by atoms with Crippen LogP contribution in [0.15, 0.2) is 67.0 Å². The molecule has 0 aliphatic heterocycles. The summed E-state index contributed by atoms with van der Waals surface area (Å²) in [5, 5.41) is 6.06. The van der Waals surface area contributed by atoms with Gasteiger partial charge in [-0.3, -0.25) is 4.79 Å². The molecule has 1 heterocycles. The van der Waals surface area contributed by atoms with E-state index in [-0.39, 0.29) is 11.9 Å². The Morgan fingerprint density at radius 1 is 0.960 bits per heavy atom. The van der Waals surface area contributed by atoms with E-state index in [2.05, 4.69) is 20.6 Å². The molecule has 25 heavy (non-hydrogen) atoms. The Morgan fingerprint density at radius 2 is 1.60 bits per heavy atom. The van der Waals surface area contributed by atoms with Gasteiger partial charge in [-0.05, 0) is 31.5 Å². The highest BCUT2D eigenvalue weighted by Crippen LogP contribution is 2.16. The number of anilines is 2. The predicted octanol–water partition coefficient (Wildman–Crippen LogP) is 4.21. The lowest BCUT2D eigenvalue weighted by atomic mass is 10.1. The summed E-state index contributed by atoms with van der Waals surface area (Å²) in [7, 11) is 0. The van der Waals surface area contributed by atoms with E-state index in [0.29, 0.717) is 11.5 Å². The van der Waals surface area contributed by atoms with E-state index in [9.17, 15) is 4.79 Å². The quantitative estimate of drug-likeness (QED) is 0.734. The van der Waals surface area contributed by atoms with Crippen LogP contribution in [0.5, 0.6) is 0 Å². The van der Waals surface area contributed by atoms with Gasteiger partial charge in [0.1, 0.15) is 0 Å². The second-order valence-corrected chi connectivity index (χ2v) is 5.89. The average molecular weight is 332 g/mol. The van der Waals surface area contributed by atoms with E-state index in [1.54, 1.807) is 0 Å². The molecule has 0 bridgehead atoms. The zero-order valence-electron chi connectivity index (χ0n) is 14.2. The Bertz CT molecular complexity index is 830. The summed E-state index contributed by atoms with van der Waals surface area (Å²) in [6.07, 6.45) is 3.05. The minimum atomic E-state index is -0.230. The molecule has 1 unspecified atom stereocenters. The number of carbonyl (C=O) groups excluding carboxylic acids is 1. The van der Waals surface area contributed by atoms with Crippen molar-refractivity contribution in [3.8, 4) is 0 Å². The van der Waals surface area contributed by atoms with Crippen LogP contribution in [0.25, 0.3) is 0 Å². The van der Waals surface area contributed by atoms with Crippen LogP contribution >= 0.6 is 0 Å². The first-order valence-corrected chi connectivity index (χ1v) is 8.13. The molecule has 0 fully saturated rings. The molecule has 3 rings (SSSR count). The molecule has 2 aromatic carbocycles. The highest BCUT2D eigenvalue weighted by Gasteiger charge is 2.10. The van der Waals surface area contributed by atoms with Crippen LogP contribution in [-0.4, -0.2) is 15.9 Å². The second-order valence-electron chi connectivity index (χ2n) is 5.89. The maximum Gasteiger partial charge on any atom is 0.258 e. The van der Waals surface area contributed by atoms with Crippen molar-refractivity contribution in [2.24, 2.45) is 0 Å². The third kappa shape index (κ3) is 4.41. The van der Waals surface area contributed by atoms with Gasteiger partial charge in [0.15, 0.2) is 0 Å². The molecule has 0 spiro atoms. The molecular weight excluding hydrogens is 312 g/mol. The topological polar surface area (TPSA) is 66.9 Å². The number of aryl methyl sites for hydroxylation is 1. The molecule has 1 atom stereocenters. The Hall–Kier alpha value is -3.21. The van der Waals surface area contributed by atoms with Crippen molar-refractivity contribution in [2.75, 3.05) is 10.6 Å². The van der Waals surface area contributed by atoms with Crippen LogP contribution in [-0.2, 0) is 0 Å². The Kier molecular flexibility index (Phi) is 5.04. The summed E-state index contributed by atoms with van der Waals surface area (Å²) >= 11 is 0. The maximum atomic E-state index is 12.2. The van der Waals surface area contributed by atoms with E-state index in [0.717, 1.165) is 16.8 Å². The van der Waals surface area contributed by atoms with Crippen LogP contribution in [0.1, 0.15) is 34.5 Å². The van der Waals surface area contributed by atoms with Crippen LogP contribution in [0.3, 0.4) is 0 Å². The number of hydrogen-bond donors (Lipinski definition) is 2. The zero-order chi connectivity index (χ0) is 17.6. The number of hydrogen-bond acceptors (Lipinski definition) is 4. The zero-order valence-corrected chi connectivity index (χ0v) is 14.2. The Morgan fingerprint density at radius 3 is 2.24 bits per heavy atom. The molecule has 0 aliphatic rings. The highest BCUT2D eigenvalue weighted by atomic mass is 16.1. The molecule has 5 heteroatoms. The summed E-state index contributed by atoms with van der Waals surface area (Å²) in [6.45, 7) is 4.04. The number of nitrogens with one attached hydrogen (secondary N) is 2. The predicted molar refractivity (Wildman–Crippen MR) is 99.6 cm³/mol. The third-order valence-electron chi connectivity index (χ3n) is 3.87. The van der Waals surface area contributed by atoms with E-state index >= 15 is 0 Å². The summed E-state index contributed by atoms with van der Waals surface area (Å²) in [4.78, 5) is 20.7. The van der Waals surface area contributed by atoms with Crippen molar-refractivity contribution < 1.29 is 4.79 Å². The number of carbonyl (C=O) groups is 1. The molecule has 1 aromatic heterocycles. The van der Waals surface area contributed by atoms with Crippen molar-refractivity contribution >= 4 is 17.5 Å². The summed E-state index contributed by atoms with van der Waals surface area (Å²) < 4.78 is 0. The lowest BCUT2D eigenvalue weighted by molar-refractivity contribution is 0.102. The van der Waals surface area contributed by atoms with Crippen molar-refractivity contribution in [1.82, 2.24) is 9.97 Å². The number of rotatable bonds is 5. The third-order valence-corrected chi connectivity index (χ3v) is 3.87. The number of nitrogens with zero attached hydrogens (tertiary/aromatic N) is 2. The van der Waals surface area contributed by atoms with Crippen LogP contribution < -0.4 is 10.6 Å². The monoisotopic (exact) mass is 332 g/mol. The van der Waals surface area contributed by atoms with Gasteiger partial charge in [-0.1, -0.05) is 48.0 Å². The molecule has 5 nitrogen and oxygen atoms in total. The molecule has 2 N–H and O–H groups in total. The number of aromatic nitrogens is 2. The second kappa shape index (κ2) is 7.57. The minimum absolute atomic E-state index is 0.0773. The first-order valence-electron chi connectivity index (χ1n) is 8.13. The minimum Gasteiger partial charge on any atom is -0.348 e.